The van der Waals surface area contributed by atoms with Crippen molar-refractivity contribution >= 4 is 6.16 Å². The van der Waals surface area contributed by atoms with Crippen LogP contribution >= 0.6 is 0 Å². The molecule has 0 amide bonds. The molecule has 0 saturated carbocycles. The van der Waals surface area contributed by atoms with E-state index in [1.165, 1.54) is 0 Å². The quantitative estimate of drug-likeness (QED) is 0.486. The Morgan fingerprint density at radius 1 is 1.33 bits per heavy atom. The fourth-order valence-corrected chi connectivity index (χ4v) is 0.727. The summed E-state index contributed by atoms with van der Waals surface area (Å²) in [6, 6.07) is 0. The van der Waals surface area contributed by atoms with Gasteiger partial charge in [0.2, 0.25) is 0 Å². The van der Waals surface area contributed by atoms with E-state index < -0.39 is 6.16 Å². The monoisotopic (exact) mass is 176 g/mol. The van der Waals surface area contributed by atoms with E-state index >= 15 is 0 Å². The lowest BCUT2D eigenvalue weighted by Crippen LogP contribution is -2.39. The summed E-state index contributed by atoms with van der Waals surface area (Å²) >= 11 is 0. The normalized spacial score (nSPS) is 15.8. The van der Waals surface area contributed by atoms with E-state index in [1.54, 1.807) is 6.92 Å². The summed E-state index contributed by atoms with van der Waals surface area (Å²) in [6.07, 6.45) is -1.21. The summed E-state index contributed by atoms with van der Waals surface area (Å²) in [6.45, 7) is 6.41. The minimum atomic E-state index is -1.21. The van der Waals surface area contributed by atoms with Gasteiger partial charge in [0.1, 0.15) is 0 Å². The van der Waals surface area contributed by atoms with Crippen LogP contribution < -0.4 is 10.6 Å². The number of hydrogen-bond acceptors (Lipinski definition) is 4. The molecule has 0 bridgehead atoms. The molecule has 5 nitrogen and oxygen atoms in total. The first-order valence-electron chi connectivity index (χ1n) is 4.04. The van der Waals surface area contributed by atoms with Crippen LogP contribution in [-0.2, 0) is 4.74 Å². The van der Waals surface area contributed by atoms with E-state index in [0.717, 1.165) is 26.2 Å². The maximum Gasteiger partial charge on any atom is 0.505 e. The highest BCUT2D eigenvalue weighted by Crippen LogP contribution is 1.69. The third kappa shape index (κ3) is 9.19. The van der Waals surface area contributed by atoms with Crippen molar-refractivity contribution in [1.29, 1.82) is 0 Å². The highest BCUT2D eigenvalue weighted by atomic mass is 16.7. The van der Waals surface area contributed by atoms with E-state index in [0.29, 0.717) is 0 Å². The zero-order valence-electron chi connectivity index (χ0n) is 7.30. The van der Waals surface area contributed by atoms with Crippen LogP contribution in [0.5, 0.6) is 0 Å². The molecule has 0 atom stereocenters. The zero-order chi connectivity index (χ0) is 9.23. The van der Waals surface area contributed by atoms with Crippen LogP contribution in [0.25, 0.3) is 0 Å². The molecular weight excluding hydrogens is 160 g/mol. The van der Waals surface area contributed by atoms with Crippen molar-refractivity contribution in [1.82, 2.24) is 10.6 Å². The van der Waals surface area contributed by atoms with E-state index in [1.807, 2.05) is 0 Å². The van der Waals surface area contributed by atoms with Crippen molar-refractivity contribution < 1.29 is 14.6 Å². The second-order valence-electron chi connectivity index (χ2n) is 2.20. The molecule has 1 saturated heterocycles. The van der Waals surface area contributed by atoms with Crippen LogP contribution in [-0.4, -0.2) is 44.0 Å². The molecule has 1 rings (SSSR count). The minimum absolute atomic E-state index is 0.231. The molecule has 0 aliphatic carbocycles. The van der Waals surface area contributed by atoms with Crippen molar-refractivity contribution in [3.05, 3.63) is 0 Å². The molecule has 1 aliphatic rings. The number of hydrogen-bond donors (Lipinski definition) is 3. The topological polar surface area (TPSA) is 70.6 Å². The van der Waals surface area contributed by atoms with Gasteiger partial charge < -0.3 is 20.5 Å². The summed E-state index contributed by atoms with van der Waals surface area (Å²) in [4.78, 5) is 9.38. The van der Waals surface area contributed by atoms with E-state index in [4.69, 9.17) is 5.11 Å². The largest absolute Gasteiger partial charge is 0.505 e. The average molecular weight is 176 g/mol. The Labute approximate surface area is 72.1 Å². The Hall–Kier alpha value is -0.810. The molecule has 0 aromatic rings. The summed E-state index contributed by atoms with van der Waals surface area (Å²) in [7, 11) is 0. The molecule has 1 heterocycles. The van der Waals surface area contributed by atoms with Gasteiger partial charge in [-0.05, 0) is 6.92 Å². The number of carbonyl (C=O) groups is 1. The summed E-state index contributed by atoms with van der Waals surface area (Å²) in [5.41, 5.74) is 0. The molecule has 5 heteroatoms. The highest BCUT2D eigenvalue weighted by Gasteiger charge is 1.91. The molecule has 12 heavy (non-hydrogen) atoms. The Morgan fingerprint density at radius 2 is 1.75 bits per heavy atom. The van der Waals surface area contributed by atoms with Gasteiger partial charge in [0.05, 0.1) is 6.61 Å². The smallest absolute Gasteiger partial charge is 0.450 e. The Balaban J connectivity index is 0.000000202. The molecule has 1 fully saturated rings. The third-order valence-corrected chi connectivity index (χ3v) is 1.22. The Bertz CT molecular complexity index is 104. The molecule has 0 unspecified atom stereocenters. The van der Waals surface area contributed by atoms with Crippen LogP contribution in [0.2, 0.25) is 0 Å². The third-order valence-electron chi connectivity index (χ3n) is 1.22. The van der Waals surface area contributed by atoms with Gasteiger partial charge in [0.25, 0.3) is 0 Å². The van der Waals surface area contributed by atoms with E-state index in [-0.39, 0.29) is 6.61 Å². The lowest BCUT2D eigenvalue weighted by Gasteiger charge is -2.11. The molecular formula is C7H16N2O3. The first-order valence-corrected chi connectivity index (χ1v) is 4.04. The second-order valence-corrected chi connectivity index (χ2v) is 2.20. The minimum Gasteiger partial charge on any atom is -0.450 e. The van der Waals surface area contributed by atoms with Gasteiger partial charge in [-0.25, -0.2) is 4.79 Å². The number of nitrogens with one attached hydrogen (secondary N) is 2. The lowest BCUT2D eigenvalue weighted by molar-refractivity contribution is 0.0966. The predicted molar refractivity (Wildman–Crippen MR) is 45.4 cm³/mol. The van der Waals surface area contributed by atoms with Gasteiger partial charge >= 0.3 is 6.16 Å². The van der Waals surface area contributed by atoms with Gasteiger partial charge in [0, 0.05) is 26.2 Å². The molecule has 0 radical (unpaired) electrons. The molecule has 72 valence electrons. The summed E-state index contributed by atoms with van der Waals surface area (Å²) < 4.78 is 3.96. The first kappa shape index (κ1) is 11.2. The molecule has 0 aromatic heterocycles. The standard InChI is InChI=1S/C4H10N2.C3H6O3/c1-2-6-4-3-5-1;1-2-6-3(4)5/h5-6H,1-4H2;2H2,1H3,(H,4,5). The average Bonchev–Trinajstić information content (AvgIpc) is 2.08. The van der Waals surface area contributed by atoms with Gasteiger partial charge in [-0.1, -0.05) is 0 Å². The number of rotatable bonds is 1. The van der Waals surface area contributed by atoms with Crippen LogP contribution in [0.3, 0.4) is 0 Å². The molecule has 0 aromatic carbocycles. The second kappa shape index (κ2) is 8.29. The summed E-state index contributed by atoms with van der Waals surface area (Å²) in [5, 5.41) is 14.1. The zero-order valence-corrected chi connectivity index (χ0v) is 7.30. The van der Waals surface area contributed by atoms with Gasteiger partial charge in [-0.2, -0.15) is 0 Å². The van der Waals surface area contributed by atoms with Crippen LogP contribution in [0.1, 0.15) is 6.92 Å². The van der Waals surface area contributed by atoms with Crippen molar-refractivity contribution in [3.8, 4) is 0 Å². The Kier molecular flexibility index (Phi) is 7.73. The van der Waals surface area contributed by atoms with Gasteiger partial charge in [-0.3, -0.25) is 0 Å². The van der Waals surface area contributed by atoms with Crippen LogP contribution in [0.15, 0.2) is 0 Å². The number of ether oxygens (including phenoxy) is 1. The molecule has 1 aliphatic heterocycles. The SMILES string of the molecule is C1CNCCN1.CCOC(=O)O. The number of piperazine rings is 1. The molecule has 3 N–H and O–H groups in total. The maximum atomic E-state index is 9.38. The van der Waals surface area contributed by atoms with Crippen molar-refractivity contribution in [2.24, 2.45) is 0 Å². The lowest BCUT2D eigenvalue weighted by atomic mass is 10.4. The van der Waals surface area contributed by atoms with E-state index in [2.05, 4.69) is 15.4 Å². The molecule has 0 spiro atoms. The summed E-state index contributed by atoms with van der Waals surface area (Å²) in [5.74, 6) is 0. The van der Waals surface area contributed by atoms with Gasteiger partial charge in [-0.15, -0.1) is 0 Å². The van der Waals surface area contributed by atoms with Crippen LogP contribution in [0.4, 0.5) is 4.79 Å². The van der Waals surface area contributed by atoms with Crippen molar-refractivity contribution in [3.63, 3.8) is 0 Å². The van der Waals surface area contributed by atoms with E-state index in [9.17, 15) is 4.79 Å². The fourth-order valence-electron chi connectivity index (χ4n) is 0.727. The predicted octanol–water partition coefficient (Wildman–Crippen LogP) is -0.120. The van der Waals surface area contributed by atoms with Gasteiger partial charge in [0.15, 0.2) is 0 Å². The highest BCUT2D eigenvalue weighted by molar-refractivity contribution is 5.56. The van der Waals surface area contributed by atoms with Crippen molar-refractivity contribution in [2.45, 2.75) is 6.92 Å². The number of carboxylic acid groups (broad SMARTS) is 1. The Morgan fingerprint density at radius 3 is 1.83 bits per heavy atom. The maximum absolute atomic E-state index is 9.38. The van der Waals surface area contributed by atoms with Crippen LogP contribution in [0, 0.1) is 0 Å². The van der Waals surface area contributed by atoms with Crippen molar-refractivity contribution in [2.75, 3.05) is 32.8 Å². The fraction of sp³-hybridized carbons (Fsp3) is 0.857. The first-order chi connectivity index (χ1) is 5.77.